The first-order valence-electron chi connectivity index (χ1n) is 7.02. The molecule has 4 heteroatoms. The zero-order chi connectivity index (χ0) is 13.5. The molecule has 1 aromatic rings. The van der Waals surface area contributed by atoms with Gasteiger partial charge in [0.25, 0.3) is 0 Å². The first-order valence-corrected chi connectivity index (χ1v) is 8.00. The van der Waals surface area contributed by atoms with E-state index in [4.69, 9.17) is 0 Å². The van der Waals surface area contributed by atoms with E-state index in [9.17, 15) is 4.79 Å². The van der Waals surface area contributed by atoms with Crippen molar-refractivity contribution in [3.63, 3.8) is 0 Å². The van der Waals surface area contributed by atoms with E-state index in [-0.39, 0.29) is 5.91 Å². The number of hydrogen-bond donors (Lipinski definition) is 2. The summed E-state index contributed by atoms with van der Waals surface area (Å²) in [6.45, 7) is 4.29. The van der Waals surface area contributed by atoms with Crippen LogP contribution in [0.3, 0.4) is 0 Å². The monoisotopic (exact) mass is 278 g/mol. The van der Waals surface area contributed by atoms with E-state index in [2.05, 4.69) is 23.6 Å². The third-order valence-electron chi connectivity index (χ3n) is 3.40. The number of carbonyl (C=O) groups excluding carboxylic acids is 1. The fraction of sp³-hybridized carbons (Fsp3) is 0.533. The molecule has 1 saturated heterocycles. The Hall–Kier alpha value is -1.00. The van der Waals surface area contributed by atoms with Gasteiger partial charge in [0, 0.05) is 11.3 Å². The second-order valence-corrected chi connectivity index (χ2v) is 6.18. The number of thioether (sulfide) groups is 1. The molecule has 0 spiro atoms. The van der Waals surface area contributed by atoms with Crippen molar-refractivity contribution in [3.05, 3.63) is 24.3 Å². The van der Waals surface area contributed by atoms with E-state index in [0.717, 1.165) is 35.8 Å². The van der Waals surface area contributed by atoms with Crippen LogP contribution in [-0.2, 0) is 4.79 Å². The number of rotatable bonds is 6. The third-order valence-corrected chi connectivity index (χ3v) is 4.36. The lowest BCUT2D eigenvalue weighted by atomic mass is 10.0. The zero-order valence-electron chi connectivity index (χ0n) is 11.4. The van der Waals surface area contributed by atoms with Crippen LogP contribution >= 0.6 is 11.8 Å². The number of carbonyl (C=O) groups is 1. The molecule has 104 valence electrons. The van der Waals surface area contributed by atoms with Crippen LogP contribution in [0.5, 0.6) is 0 Å². The summed E-state index contributed by atoms with van der Waals surface area (Å²) >= 11 is 1.76. The van der Waals surface area contributed by atoms with Gasteiger partial charge in [-0.2, -0.15) is 0 Å². The fourth-order valence-corrected chi connectivity index (χ4v) is 3.12. The van der Waals surface area contributed by atoms with Crippen LogP contribution in [0, 0.1) is 5.92 Å². The third kappa shape index (κ3) is 4.55. The maximum absolute atomic E-state index is 12.0. The summed E-state index contributed by atoms with van der Waals surface area (Å²) in [6, 6.07) is 8.02. The second kappa shape index (κ2) is 7.56. The maximum Gasteiger partial charge on any atom is 0.224 e. The first kappa shape index (κ1) is 14.4. The lowest BCUT2D eigenvalue weighted by molar-refractivity contribution is -0.116. The van der Waals surface area contributed by atoms with Crippen molar-refractivity contribution in [2.75, 3.05) is 24.2 Å². The molecule has 1 heterocycles. The van der Waals surface area contributed by atoms with E-state index < -0.39 is 0 Å². The molecule has 1 unspecified atom stereocenters. The van der Waals surface area contributed by atoms with Gasteiger partial charge in [-0.1, -0.05) is 19.1 Å². The molecule has 0 aromatic heterocycles. The van der Waals surface area contributed by atoms with Crippen LogP contribution < -0.4 is 10.6 Å². The van der Waals surface area contributed by atoms with Crippen LogP contribution in [0.1, 0.15) is 26.2 Å². The van der Waals surface area contributed by atoms with Crippen LogP contribution in [0.25, 0.3) is 0 Å². The van der Waals surface area contributed by atoms with Crippen LogP contribution in [0.4, 0.5) is 5.69 Å². The highest BCUT2D eigenvalue weighted by Gasteiger charge is 2.16. The summed E-state index contributed by atoms with van der Waals surface area (Å²) < 4.78 is 0. The fourth-order valence-electron chi connectivity index (χ4n) is 2.36. The molecule has 1 aliphatic rings. The SMILES string of the molecule is CCSc1ccccc1NC(=O)CCC1CCNC1. The zero-order valence-corrected chi connectivity index (χ0v) is 12.3. The van der Waals surface area contributed by atoms with E-state index in [1.807, 2.05) is 18.2 Å². The van der Waals surface area contributed by atoms with Crippen molar-refractivity contribution in [3.8, 4) is 0 Å². The molecule has 1 atom stereocenters. The Bertz CT molecular complexity index is 416. The molecule has 2 rings (SSSR count). The summed E-state index contributed by atoms with van der Waals surface area (Å²) in [4.78, 5) is 13.1. The predicted molar refractivity (Wildman–Crippen MR) is 81.7 cm³/mol. The summed E-state index contributed by atoms with van der Waals surface area (Å²) in [7, 11) is 0. The van der Waals surface area contributed by atoms with E-state index in [0.29, 0.717) is 12.3 Å². The maximum atomic E-state index is 12.0. The van der Waals surface area contributed by atoms with Gasteiger partial charge in [0.05, 0.1) is 5.69 Å². The number of amides is 1. The van der Waals surface area contributed by atoms with Crippen molar-refractivity contribution in [2.45, 2.75) is 31.1 Å². The normalized spacial score (nSPS) is 18.5. The van der Waals surface area contributed by atoms with Gasteiger partial charge in [0.1, 0.15) is 0 Å². The summed E-state index contributed by atoms with van der Waals surface area (Å²) in [5.74, 6) is 1.82. The second-order valence-electron chi connectivity index (χ2n) is 4.87. The Labute approximate surface area is 119 Å². The van der Waals surface area contributed by atoms with Gasteiger partial charge in [0.2, 0.25) is 5.91 Å². The standard InChI is InChI=1S/C15H22N2OS/c1-2-19-14-6-4-3-5-13(14)17-15(18)8-7-12-9-10-16-11-12/h3-6,12,16H,2,7-11H2,1H3,(H,17,18). The highest BCUT2D eigenvalue weighted by atomic mass is 32.2. The highest BCUT2D eigenvalue weighted by molar-refractivity contribution is 7.99. The van der Waals surface area contributed by atoms with Crippen LogP contribution in [-0.4, -0.2) is 24.7 Å². The molecule has 0 bridgehead atoms. The summed E-state index contributed by atoms with van der Waals surface area (Å²) in [5, 5.41) is 6.38. The Morgan fingerprint density at radius 3 is 3.05 bits per heavy atom. The smallest absolute Gasteiger partial charge is 0.224 e. The molecule has 19 heavy (non-hydrogen) atoms. The van der Waals surface area contributed by atoms with Gasteiger partial charge in [-0.25, -0.2) is 0 Å². The molecule has 2 N–H and O–H groups in total. The van der Waals surface area contributed by atoms with Gasteiger partial charge in [-0.05, 0) is 49.7 Å². The number of benzene rings is 1. The Morgan fingerprint density at radius 2 is 2.32 bits per heavy atom. The van der Waals surface area contributed by atoms with Gasteiger partial charge in [-0.15, -0.1) is 11.8 Å². The highest BCUT2D eigenvalue weighted by Crippen LogP contribution is 2.27. The molecule has 0 saturated carbocycles. The van der Waals surface area contributed by atoms with Crippen molar-refractivity contribution in [1.29, 1.82) is 0 Å². The van der Waals surface area contributed by atoms with Crippen LogP contribution in [0.2, 0.25) is 0 Å². The molecule has 1 fully saturated rings. The largest absolute Gasteiger partial charge is 0.325 e. The van der Waals surface area contributed by atoms with Crippen molar-refractivity contribution in [2.24, 2.45) is 5.92 Å². The minimum Gasteiger partial charge on any atom is -0.325 e. The summed E-state index contributed by atoms with van der Waals surface area (Å²) in [6.07, 6.45) is 2.81. The van der Waals surface area contributed by atoms with Crippen molar-refractivity contribution in [1.82, 2.24) is 5.32 Å². The average molecular weight is 278 g/mol. The number of nitrogens with one attached hydrogen (secondary N) is 2. The van der Waals surface area contributed by atoms with E-state index in [1.54, 1.807) is 11.8 Å². The number of anilines is 1. The first-order chi connectivity index (χ1) is 9.29. The Balaban J connectivity index is 1.83. The average Bonchev–Trinajstić information content (AvgIpc) is 2.92. The van der Waals surface area contributed by atoms with Gasteiger partial charge in [-0.3, -0.25) is 4.79 Å². The lowest BCUT2D eigenvalue weighted by Gasteiger charge is -2.11. The molecule has 1 aromatic carbocycles. The lowest BCUT2D eigenvalue weighted by Crippen LogP contribution is -2.15. The quantitative estimate of drug-likeness (QED) is 0.786. The minimum atomic E-state index is 0.135. The Kier molecular flexibility index (Phi) is 5.73. The molecule has 0 radical (unpaired) electrons. The predicted octanol–water partition coefficient (Wildman–Crippen LogP) is 3.13. The van der Waals surface area contributed by atoms with Gasteiger partial charge >= 0.3 is 0 Å². The van der Waals surface area contributed by atoms with Gasteiger partial charge < -0.3 is 10.6 Å². The van der Waals surface area contributed by atoms with Gasteiger partial charge in [0.15, 0.2) is 0 Å². The molecule has 3 nitrogen and oxygen atoms in total. The van der Waals surface area contributed by atoms with Crippen molar-refractivity contribution < 1.29 is 4.79 Å². The molecule has 1 aliphatic heterocycles. The molecular weight excluding hydrogens is 256 g/mol. The van der Waals surface area contributed by atoms with Crippen LogP contribution in [0.15, 0.2) is 29.2 Å². The topological polar surface area (TPSA) is 41.1 Å². The van der Waals surface area contributed by atoms with E-state index >= 15 is 0 Å². The number of para-hydroxylation sites is 1. The Morgan fingerprint density at radius 1 is 1.47 bits per heavy atom. The minimum absolute atomic E-state index is 0.135. The van der Waals surface area contributed by atoms with E-state index in [1.165, 1.54) is 6.42 Å². The molecule has 1 amide bonds. The summed E-state index contributed by atoms with van der Waals surface area (Å²) in [5.41, 5.74) is 0.948. The number of hydrogen-bond acceptors (Lipinski definition) is 3. The molecule has 0 aliphatic carbocycles. The molecular formula is C15H22N2OS. The van der Waals surface area contributed by atoms with Crippen molar-refractivity contribution >= 4 is 23.4 Å².